The first-order valence-electron chi connectivity index (χ1n) is 7.68. The molecule has 3 rings (SSSR count). The number of hydrogen-bond acceptors (Lipinski definition) is 4. The summed E-state index contributed by atoms with van der Waals surface area (Å²) in [6.07, 6.45) is 3.08. The van der Waals surface area contributed by atoms with E-state index in [2.05, 4.69) is 15.6 Å². The van der Waals surface area contributed by atoms with Gasteiger partial charge in [0.1, 0.15) is 5.75 Å². The van der Waals surface area contributed by atoms with Gasteiger partial charge in [-0.2, -0.15) is 0 Å². The second kappa shape index (κ2) is 8.08. The number of para-hydroxylation sites is 1. The molecule has 0 aliphatic heterocycles. The Morgan fingerprint density at radius 2 is 1.85 bits per heavy atom. The molecule has 0 spiro atoms. The van der Waals surface area contributed by atoms with Crippen molar-refractivity contribution < 1.29 is 9.53 Å². The van der Waals surface area contributed by atoms with Crippen LogP contribution < -0.4 is 15.4 Å². The topological polar surface area (TPSA) is 63.2 Å². The van der Waals surface area contributed by atoms with Crippen LogP contribution in [0.15, 0.2) is 60.9 Å². The maximum Gasteiger partial charge on any atom is 0.257 e. The van der Waals surface area contributed by atoms with Gasteiger partial charge in [-0.3, -0.25) is 9.78 Å². The number of rotatable bonds is 5. The van der Waals surface area contributed by atoms with Crippen LogP contribution in [0.25, 0.3) is 0 Å². The van der Waals surface area contributed by atoms with Crippen molar-refractivity contribution in [2.24, 2.45) is 0 Å². The van der Waals surface area contributed by atoms with Crippen LogP contribution in [0.2, 0.25) is 10.0 Å². The lowest BCUT2D eigenvalue weighted by atomic mass is 10.2. The minimum Gasteiger partial charge on any atom is -0.495 e. The monoisotopic (exact) mass is 387 g/mol. The number of ether oxygens (including phenoxy) is 1. The fourth-order valence-corrected chi connectivity index (χ4v) is 2.68. The van der Waals surface area contributed by atoms with Gasteiger partial charge >= 0.3 is 0 Å². The molecule has 2 N–H and O–H groups in total. The number of hydrogen-bond donors (Lipinski definition) is 2. The first kappa shape index (κ1) is 18.0. The van der Waals surface area contributed by atoms with Crippen molar-refractivity contribution in [2.75, 3.05) is 17.7 Å². The van der Waals surface area contributed by atoms with Crippen LogP contribution in [0, 0.1) is 0 Å². The molecule has 0 saturated carbocycles. The average molecular weight is 388 g/mol. The first-order valence-corrected chi connectivity index (χ1v) is 8.44. The molecule has 0 fully saturated rings. The highest BCUT2D eigenvalue weighted by molar-refractivity contribution is 6.34. The highest BCUT2D eigenvalue weighted by atomic mass is 35.5. The van der Waals surface area contributed by atoms with E-state index in [9.17, 15) is 4.79 Å². The summed E-state index contributed by atoms with van der Waals surface area (Å²) in [5.41, 5.74) is 2.22. The smallest absolute Gasteiger partial charge is 0.257 e. The van der Waals surface area contributed by atoms with Crippen molar-refractivity contribution in [3.8, 4) is 5.75 Å². The van der Waals surface area contributed by atoms with Gasteiger partial charge in [0.05, 0.1) is 41.0 Å². The third-order valence-corrected chi connectivity index (χ3v) is 4.13. The van der Waals surface area contributed by atoms with E-state index in [1.165, 1.54) is 6.20 Å². The molecule has 2 aromatic carbocycles. The number of nitrogens with zero attached hydrogens (tertiary/aromatic N) is 1. The van der Waals surface area contributed by atoms with Crippen molar-refractivity contribution in [1.29, 1.82) is 0 Å². The molecular formula is C19H15Cl2N3O2. The van der Waals surface area contributed by atoms with E-state index in [0.717, 1.165) is 0 Å². The number of carbonyl (C=O) groups excluding carboxylic acids is 1. The van der Waals surface area contributed by atoms with E-state index >= 15 is 0 Å². The Balaban J connectivity index is 1.81. The number of pyridine rings is 1. The number of carbonyl (C=O) groups is 1. The molecule has 0 unspecified atom stereocenters. The van der Waals surface area contributed by atoms with E-state index in [1.807, 2.05) is 0 Å². The number of nitrogens with one attached hydrogen (secondary N) is 2. The molecule has 26 heavy (non-hydrogen) atoms. The summed E-state index contributed by atoms with van der Waals surface area (Å²) < 4.78 is 5.31. The van der Waals surface area contributed by atoms with E-state index in [-0.39, 0.29) is 5.91 Å². The second-order valence-corrected chi connectivity index (χ2v) is 6.21. The van der Waals surface area contributed by atoms with Gasteiger partial charge in [-0.1, -0.05) is 35.3 Å². The molecule has 1 heterocycles. The maximum atomic E-state index is 12.5. The third-order valence-electron chi connectivity index (χ3n) is 3.56. The Hall–Kier alpha value is -2.76. The minimum atomic E-state index is -0.313. The van der Waals surface area contributed by atoms with E-state index < -0.39 is 0 Å². The molecule has 7 heteroatoms. The summed E-state index contributed by atoms with van der Waals surface area (Å²) in [7, 11) is 1.57. The van der Waals surface area contributed by atoms with Crippen LogP contribution >= 0.6 is 23.2 Å². The molecule has 1 amide bonds. The molecule has 0 aliphatic carbocycles. The number of halogens is 2. The lowest BCUT2D eigenvalue weighted by molar-refractivity contribution is 0.102. The molecule has 0 aliphatic rings. The average Bonchev–Trinajstić information content (AvgIpc) is 2.64. The van der Waals surface area contributed by atoms with Crippen LogP contribution in [0.1, 0.15) is 10.4 Å². The van der Waals surface area contributed by atoms with Gasteiger partial charge in [-0.05, 0) is 36.4 Å². The Labute approximate surface area is 160 Å². The first-order chi connectivity index (χ1) is 12.6. The third kappa shape index (κ3) is 4.25. The van der Waals surface area contributed by atoms with Crippen molar-refractivity contribution in [2.45, 2.75) is 0 Å². The quantitative estimate of drug-likeness (QED) is 0.615. The predicted octanol–water partition coefficient (Wildman–Crippen LogP) is 5.39. The highest BCUT2D eigenvalue weighted by Crippen LogP contribution is 2.30. The Morgan fingerprint density at radius 1 is 1.04 bits per heavy atom. The van der Waals surface area contributed by atoms with Crippen molar-refractivity contribution in [3.63, 3.8) is 0 Å². The highest BCUT2D eigenvalue weighted by Gasteiger charge is 2.11. The Bertz CT molecular complexity index is 948. The summed E-state index contributed by atoms with van der Waals surface area (Å²) in [4.78, 5) is 16.6. The van der Waals surface area contributed by atoms with Crippen LogP contribution in [-0.4, -0.2) is 18.0 Å². The van der Waals surface area contributed by atoms with E-state index in [4.69, 9.17) is 27.9 Å². The van der Waals surface area contributed by atoms with Crippen molar-refractivity contribution in [3.05, 3.63) is 76.5 Å². The molecule has 0 saturated heterocycles. The number of benzene rings is 2. The van der Waals surface area contributed by atoms with Crippen LogP contribution in [0.4, 0.5) is 17.1 Å². The Morgan fingerprint density at radius 3 is 2.62 bits per heavy atom. The van der Waals surface area contributed by atoms with Gasteiger partial charge in [0, 0.05) is 11.2 Å². The standard InChI is InChI=1S/C19H15Cl2N3O2/c1-26-18-7-6-13(20)9-17(18)23-14-8-12(10-22-11-14)19(25)24-16-5-3-2-4-15(16)21/h2-11,23H,1H3,(H,24,25). The summed E-state index contributed by atoms with van der Waals surface area (Å²) in [5, 5.41) is 6.95. The zero-order chi connectivity index (χ0) is 18.5. The lowest BCUT2D eigenvalue weighted by Crippen LogP contribution is -2.12. The molecule has 1 aromatic heterocycles. The molecule has 0 atom stereocenters. The predicted molar refractivity (Wildman–Crippen MR) is 105 cm³/mol. The van der Waals surface area contributed by atoms with Gasteiger partial charge in [0.25, 0.3) is 5.91 Å². The number of amides is 1. The normalized spacial score (nSPS) is 10.3. The molecule has 0 radical (unpaired) electrons. The number of aromatic nitrogens is 1. The summed E-state index contributed by atoms with van der Waals surface area (Å²) >= 11 is 12.1. The van der Waals surface area contributed by atoms with Crippen LogP contribution in [0.3, 0.4) is 0 Å². The SMILES string of the molecule is COc1ccc(Cl)cc1Nc1cncc(C(=O)Nc2ccccc2Cl)c1. The van der Waals surface area contributed by atoms with E-state index in [1.54, 1.807) is 61.8 Å². The molecular weight excluding hydrogens is 373 g/mol. The van der Waals surface area contributed by atoms with Gasteiger partial charge in [-0.25, -0.2) is 0 Å². The molecule has 0 bridgehead atoms. The van der Waals surface area contributed by atoms with Crippen molar-refractivity contribution in [1.82, 2.24) is 4.98 Å². The minimum absolute atomic E-state index is 0.313. The summed E-state index contributed by atoms with van der Waals surface area (Å²) in [6, 6.07) is 13.9. The molecule has 3 aromatic rings. The van der Waals surface area contributed by atoms with Gasteiger partial charge in [0.2, 0.25) is 0 Å². The summed E-state index contributed by atoms with van der Waals surface area (Å²) in [6.45, 7) is 0. The largest absolute Gasteiger partial charge is 0.495 e. The van der Waals surface area contributed by atoms with E-state index in [0.29, 0.717) is 38.4 Å². The van der Waals surface area contributed by atoms with Gasteiger partial charge < -0.3 is 15.4 Å². The molecule has 5 nitrogen and oxygen atoms in total. The fourth-order valence-electron chi connectivity index (χ4n) is 2.32. The van der Waals surface area contributed by atoms with Crippen LogP contribution in [-0.2, 0) is 0 Å². The molecule has 132 valence electrons. The zero-order valence-corrected chi connectivity index (χ0v) is 15.3. The Kier molecular flexibility index (Phi) is 5.61. The maximum absolute atomic E-state index is 12.5. The zero-order valence-electron chi connectivity index (χ0n) is 13.8. The van der Waals surface area contributed by atoms with Gasteiger partial charge in [-0.15, -0.1) is 0 Å². The van der Waals surface area contributed by atoms with Crippen LogP contribution in [0.5, 0.6) is 5.75 Å². The van der Waals surface area contributed by atoms with Crippen molar-refractivity contribution >= 4 is 46.2 Å². The summed E-state index contributed by atoms with van der Waals surface area (Å²) in [5.74, 6) is 0.313. The fraction of sp³-hybridized carbons (Fsp3) is 0.0526. The number of anilines is 3. The van der Waals surface area contributed by atoms with Gasteiger partial charge in [0.15, 0.2) is 0 Å². The second-order valence-electron chi connectivity index (χ2n) is 5.37. The lowest BCUT2D eigenvalue weighted by Gasteiger charge is -2.12. The number of methoxy groups -OCH3 is 1.